The van der Waals surface area contributed by atoms with Gasteiger partial charge in [0.25, 0.3) is 11.8 Å². The summed E-state index contributed by atoms with van der Waals surface area (Å²) in [4.78, 5) is 37.7. The van der Waals surface area contributed by atoms with Gasteiger partial charge >= 0.3 is 6.61 Å². The second kappa shape index (κ2) is 8.47. The Labute approximate surface area is 167 Å². The second-order valence-corrected chi connectivity index (χ2v) is 6.92. The summed E-state index contributed by atoms with van der Waals surface area (Å²) >= 11 is 3.26. The summed E-state index contributed by atoms with van der Waals surface area (Å²) in [6.45, 7) is -2.74. The van der Waals surface area contributed by atoms with Crippen molar-refractivity contribution in [1.29, 1.82) is 0 Å². The number of halogens is 3. The number of carbonyl (C=O) groups excluding carboxylic acids is 3. The monoisotopic (exact) mass is 452 g/mol. The van der Waals surface area contributed by atoms with E-state index in [0.29, 0.717) is 21.2 Å². The van der Waals surface area contributed by atoms with E-state index in [2.05, 4.69) is 26.0 Å². The minimum Gasteiger partial charge on any atom is -0.435 e. The van der Waals surface area contributed by atoms with Gasteiger partial charge in [0, 0.05) is 24.0 Å². The lowest BCUT2D eigenvalue weighted by molar-refractivity contribution is -0.121. The van der Waals surface area contributed by atoms with Crippen LogP contribution in [0.5, 0.6) is 5.75 Å². The van der Waals surface area contributed by atoms with Crippen LogP contribution in [0.2, 0.25) is 0 Å². The van der Waals surface area contributed by atoms with Crippen molar-refractivity contribution in [1.82, 2.24) is 10.2 Å². The molecule has 0 aliphatic carbocycles. The number of fused-ring (bicyclic) bond motifs is 1. The van der Waals surface area contributed by atoms with Crippen LogP contribution in [0, 0.1) is 0 Å². The Balaban J connectivity index is 1.50. The highest BCUT2D eigenvalue weighted by Crippen LogP contribution is 2.26. The maximum Gasteiger partial charge on any atom is 0.387 e. The van der Waals surface area contributed by atoms with Gasteiger partial charge in [-0.1, -0.05) is 28.1 Å². The molecule has 2 aromatic carbocycles. The molecule has 28 heavy (non-hydrogen) atoms. The van der Waals surface area contributed by atoms with E-state index in [1.54, 1.807) is 30.3 Å². The highest BCUT2D eigenvalue weighted by molar-refractivity contribution is 9.10. The molecule has 1 aliphatic rings. The lowest BCUT2D eigenvalue weighted by atomic mass is 10.1. The molecule has 1 heterocycles. The van der Waals surface area contributed by atoms with E-state index in [-0.39, 0.29) is 31.2 Å². The van der Waals surface area contributed by atoms with Crippen molar-refractivity contribution in [3.63, 3.8) is 0 Å². The molecule has 1 aliphatic heterocycles. The van der Waals surface area contributed by atoms with Crippen LogP contribution in [0.3, 0.4) is 0 Å². The molecule has 0 saturated carbocycles. The van der Waals surface area contributed by atoms with E-state index in [9.17, 15) is 23.2 Å². The first-order valence-electron chi connectivity index (χ1n) is 8.31. The molecule has 1 N–H and O–H groups in total. The Morgan fingerprint density at radius 3 is 2.43 bits per heavy atom. The van der Waals surface area contributed by atoms with E-state index in [4.69, 9.17) is 0 Å². The first-order valence-corrected chi connectivity index (χ1v) is 9.10. The van der Waals surface area contributed by atoms with Crippen LogP contribution >= 0.6 is 15.9 Å². The zero-order valence-electron chi connectivity index (χ0n) is 14.5. The number of carbonyl (C=O) groups is 3. The number of amides is 3. The summed E-state index contributed by atoms with van der Waals surface area (Å²) in [5.74, 6) is -1.16. The smallest absolute Gasteiger partial charge is 0.387 e. The molecule has 0 unspecified atom stereocenters. The van der Waals surface area contributed by atoms with Gasteiger partial charge < -0.3 is 10.1 Å². The quantitative estimate of drug-likeness (QED) is 0.653. The third kappa shape index (κ3) is 4.53. The fourth-order valence-electron chi connectivity index (χ4n) is 2.76. The van der Waals surface area contributed by atoms with Crippen LogP contribution in [0.15, 0.2) is 46.9 Å². The summed E-state index contributed by atoms with van der Waals surface area (Å²) in [7, 11) is 0. The average molecular weight is 453 g/mol. The van der Waals surface area contributed by atoms with Crippen molar-refractivity contribution in [2.75, 3.05) is 6.54 Å². The van der Waals surface area contributed by atoms with E-state index in [1.165, 1.54) is 12.1 Å². The van der Waals surface area contributed by atoms with Crippen molar-refractivity contribution < 1.29 is 27.9 Å². The van der Waals surface area contributed by atoms with Crippen LogP contribution in [0.25, 0.3) is 0 Å². The number of alkyl halides is 2. The van der Waals surface area contributed by atoms with Crippen LogP contribution in [0.1, 0.15) is 32.7 Å². The second-order valence-electron chi connectivity index (χ2n) is 6.00. The molecule has 0 fully saturated rings. The number of hydrogen-bond acceptors (Lipinski definition) is 4. The number of rotatable bonds is 7. The fraction of sp³-hybridized carbons (Fsp3) is 0.211. The molecule has 0 radical (unpaired) electrons. The molecular formula is C19H15BrF2N2O4. The van der Waals surface area contributed by atoms with Gasteiger partial charge in [-0.05, 0) is 35.9 Å². The van der Waals surface area contributed by atoms with Gasteiger partial charge in [-0.15, -0.1) is 0 Å². The standard InChI is InChI=1S/C19H15BrF2N2O4/c20-12-3-6-14-15(9-12)18(27)24(17(14)26)8-7-16(25)23-10-11-1-4-13(5-2-11)28-19(21)22/h1-6,9,19H,7-8,10H2,(H,23,25). The lowest BCUT2D eigenvalue weighted by Crippen LogP contribution is -2.34. The molecular weight excluding hydrogens is 438 g/mol. The van der Waals surface area contributed by atoms with Gasteiger partial charge in [-0.3, -0.25) is 19.3 Å². The molecule has 0 saturated heterocycles. The number of hydrogen-bond donors (Lipinski definition) is 1. The number of ether oxygens (including phenoxy) is 1. The summed E-state index contributed by atoms with van der Waals surface area (Å²) in [5, 5.41) is 2.66. The Kier molecular flexibility index (Phi) is 6.03. The predicted octanol–water partition coefficient (Wildman–Crippen LogP) is 3.35. The summed E-state index contributed by atoms with van der Waals surface area (Å²) in [5.41, 5.74) is 1.33. The third-order valence-electron chi connectivity index (χ3n) is 4.13. The van der Waals surface area contributed by atoms with Gasteiger partial charge in [0.2, 0.25) is 5.91 Å². The van der Waals surface area contributed by atoms with Crippen LogP contribution < -0.4 is 10.1 Å². The van der Waals surface area contributed by atoms with Crippen molar-refractivity contribution in [3.05, 3.63) is 63.6 Å². The van der Waals surface area contributed by atoms with Crippen molar-refractivity contribution in [2.45, 2.75) is 19.6 Å². The van der Waals surface area contributed by atoms with Crippen molar-refractivity contribution >= 4 is 33.7 Å². The molecule has 2 aromatic rings. The van der Waals surface area contributed by atoms with E-state index >= 15 is 0 Å². The maximum absolute atomic E-state index is 12.3. The normalized spacial score (nSPS) is 13.1. The Hall–Kier alpha value is -2.81. The molecule has 146 valence electrons. The van der Waals surface area contributed by atoms with Crippen LogP contribution in [0.4, 0.5) is 8.78 Å². The zero-order chi connectivity index (χ0) is 20.3. The van der Waals surface area contributed by atoms with Gasteiger partial charge in [-0.2, -0.15) is 8.78 Å². The van der Waals surface area contributed by atoms with Gasteiger partial charge in [0.1, 0.15) is 5.75 Å². The van der Waals surface area contributed by atoms with E-state index in [1.807, 2.05) is 0 Å². The minimum absolute atomic E-state index is 0.0299. The SMILES string of the molecule is O=C(CCN1C(=O)c2ccc(Br)cc2C1=O)NCc1ccc(OC(F)F)cc1. The minimum atomic E-state index is -2.89. The summed E-state index contributed by atoms with van der Waals surface area (Å²) in [6, 6.07) is 10.7. The summed E-state index contributed by atoms with van der Waals surface area (Å²) in [6.07, 6.45) is -0.0424. The average Bonchev–Trinajstić information content (AvgIpc) is 2.89. The lowest BCUT2D eigenvalue weighted by Gasteiger charge is -2.13. The Morgan fingerprint density at radius 1 is 1.07 bits per heavy atom. The van der Waals surface area contributed by atoms with E-state index in [0.717, 1.165) is 4.90 Å². The molecule has 0 aromatic heterocycles. The molecule has 3 amide bonds. The Morgan fingerprint density at radius 2 is 1.75 bits per heavy atom. The Bertz CT molecular complexity index is 919. The number of benzene rings is 2. The maximum atomic E-state index is 12.3. The number of nitrogens with one attached hydrogen (secondary N) is 1. The largest absolute Gasteiger partial charge is 0.435 e. The zero-order valence-corrected chi connectivity index (χ0v) is 16.0. The van der Waals surface area contributed by atoms with Crippen LogP contribution in [-0.2, 0) is 11.3 Å². The van der Waals surface area contributed by atoms with E-state index < -0.39 is 18.4 Å². The fourth-order valence-corrected chi connectivity index (χ4v) is 3.12. The van der Waals surface area contributed by atoms with Crippen molar-refractivity contribution in [2.24, 2.45) is 0 Å². The number of imide groups is 1. The highest BCUT2D eigenvalue weighted by Gasteiger charge is 2.35. The molecule has 0 bridgehead atoms. The first kappa shape index (κ1) is 19.9. The molecule has 9 heteroatoms. The van der Waals surface area contributed by atoms with Crippen molar-refractivity contribution in [3.8, 4) is 5.75 Å². The molecule has 0 atom stereocenters. The van der Waals surface area contributed by atoms with Crippen LogP contribution in [-0.4, -0.2) is 35.8 Å². The van der Waals surface area contributed by atoms with Gasteiger partial charge in [0.15, 0.2) is 0 Å². The first-order chi connectivity index (χ1) is 13.3. The molecule has 0 spiro atoms. The third-order valence-corrected chi connectivity index (χ3v) is 4.63. The summed E-state index contributed by atoms with van der Waals surface area (Å²) < 4.78 is 29.2. The molecule has 3 rings (SSSR count). The highest BCUT2D eigenvalue weighted by atomic mass is 79.9. The molecule has 6 nitrogen and oxygen atoms in total. The number of nitrogens with zero attached hydrogens (tertiary/aromatic N) is 1. The van der Waals surface area contributed by atoms with Gasteiger partial charge in [0.05, 0.1) is 11.1 Å². The topological polar surface area (TPSA) is 75.7 Å². The van der Waals surface area contributed by atoms with Gasteiger partial charge in [-0.25, -0.2) is 0 Å². The predicted molar refractivity (Wildman–Crippen MR) is 99.0 cm³/mol.